The first-order valence-corrected chi connectivity index (χ1v) is 6.99. The standard InChI is InChI=1S/C15H13ClN4O3/c16-12-6-2-3-7-13(12)17-10-15(21)19-18-9-11-5-1-4-8-14(11)20(22)23/h1-9,17H,10H2,(H,19,21)/b18-9-. The second-order valence-electron chi connectivity index (χ2n) is 4.44. The Hall–Kier alpha value is -2.93. The maximum Gasteiger partial charge on any atom is 0.278 e. The molecule has 0 aromatic heterocycles. The van der Waals surface area contributed by atoms with Gasteiger partial charge in [0.25, 0.3) is 11.6 Å². The smallest absolute Gasteiger partial charge is 0.278 e. The quantitative estimate of drug-likeness (QED) is 0.483. The van der Waals surface area contributed by atoms with Gasteiger partial charge in [0.15, 0.2) is 0 Å². The molecule has 0 aliphatic carbocycles. The van der Waals surface area contributed by atoms with Crippen LogP contribution in [0.3, 0.4) is 0 Å². The number of nitro groups is 1. The molecule has 0 saturated heterocycles. The van der Waals surface area contributed by atoms with Gasteiger partial charge in [0.2, 0.25) is 0 Å². The summed E-state index contributed by atoms with van der Waals surface area (Å²) in [6, 6.07) is 13.1. The fourth-order valence-corrected chi connectivity index (χ4v) is 1.96. The molecule has 0 aliphatic rings. The predicted molar refractivity (Wildman–Crippen MR) is 88.8 cm³/mol. The molecule has 0 radical (unpaired) electrons. The molecular weight excluding hydrogens is 320 g/mol. The zero-order valence-electron chi connectivity index (χ0n) is 11.9. The van der Waals surface area contributed by atoms with Crippen molar-refractivity contribution in [2.75, 3.05) is 11.9 Å². The van der Waals surface area contributed by atoms with E-state index in [1.807, 2.05) is 0 Å². The monoisotopic (exact) mass is 332 g/mol. The Morgan fingerprint density at radius 2 is 1.91 bits per heavy atom. The van der Waals surface area contributed by atoms with Crippen LogP contribution in [0, 0.1) is 10.1 Å². The summed E-state index contributed by atoms with van der Waals surface area (Å²) < 4.78 is 0. The lowest BCUT2D eigenvalue weighted by molar-refractivity contribution is -0.385. The van der Waals surface area contributed by atoms with Crippen LogP contribution in [0.5, 0.6) is 0 Å². The van der Waals surface area contributed by atoms with Gasteiger partial charge in [-0.25, -0.2) is 5.43 Å². The van der Waals surface area contributed by atoms with Gasteiger partial charge in [-0.15, -0.1) is 0 Å². The van der Waals surface area contributed by atoms with E-state index < -0.39 is 10.8 Å². The maximum absolute atomic E-state index is 11.7. The van der Waals surface area contributed by atoms with Gasteiger partial charge in [-0.3, -0.25) is 14.9 Å². The van der Waals surface area contributed by atoms with E-state index in [9.17, 15) is 14.9 Å². The van der Waals surface area contributed by atoms with Gasteiger partial charge < -0.3 is 5.32 Å². The molecule has 7 nitrogen and oxygen atoms in total. The molecule has 0 fully saturated rings. The van der Waals surface area contributed by atoms with Crippen LogP contribution in [0.25, 0.3) is 0 Å². The lowest BCUT2D eigenvalue weighted by atomic mass is 10.2. The van der Waals surface area contributed by atoms with Crippen LogP contribution in [0.15, 0.2) is 53.6 Å². The number of carbonyl (C=O) groups excluding carboxylic acids is 1. The van der Waals surface area contributed by atoms with Gasteiger partial charge in [0.1, 0.15) is 0 Å². The summed E-state index contributed by atoms with van der Waals surface area (Å²) >= 11 is 5.95. The summed E-state index contributed by atoms with van der Waals surface area (Å²) in [5.41, 5.74) is 3.14. The summed E-state index contributed by atoms with van der Waals surface area (Å²) in [5, 5.41) is 17.9. The number of anilines is 1. The van der Waals surface area contributed by atoms with Gasteiger partial charge in [-0.2, -0.15) is 5.10 Å². The minimum Gasteiger partial charge on any atom is -0.375 e. The molecule has 8 heteroatoms. The fourth-order valence-electron chi connectivity index (χ4n) is 1.76. The molecule has 0 bridgehead atoms. The molecule has 118 valence electrons. The average molecular weight is 333 g/mol. The Bertz CT molecular complexity index is 749. The summed E-state index contributed by atoms with van der Waals surface area (Å²) in [6.07, 6.45) is 1.23. The zero-order valence-corrected chi connectivity index (χ0v) is 12.7. The third-order valence-electron chi connectivity index (χ3n) is 2.84. The first-order chi connectivity index (χ1) is 11.1. The number of nitrogens with zero attached hydrogens (tertiary/aromatic N) is 2. The number of amides is 1. The fraction of sp³-hybridized carbons (Fsp3) is 0.0667. The van der Waals surface area contributed by atoms with Crippen molar-refractivity contribution in [1.82, 2.24) is 5.43 Å². The van der Waals surface area contributed by atoms with Crippen molar-refractivity contribution < 1.29 is 9.72 Å². The summed E-state index contributed by atoms with van der Waals surface area (Å²) in [7, 11) is 0. The number of hydrogen-bond donors (Lipinski definition) is 2. The predicted octanol–water partition coefficient (Wildman–Crippen LogP) is 2.81. The molecule has 0 atom stereocenters. The van der Waals surface area contributed by atoms with Gasteiger partial charge in [-0.1, -0.05) is 35.9 Å². The van der Waals surface area contributed by atoms with Crippen LogP contribution in [0.1, 0.15) is 5.56 Å². The van der Waals surface area contributed by atoms with E-state index in [0.29, 0.717) is 16.3 Å². The molecule has 0 heterocycles. The number of halogens is 1. The maximum atomic E-state index is 11.7. The third-order valence-corrected chi connectivity index (χ3v) is 3.17. The van der Waals surface area contributed by atoms with E-state index in [1.54, 1.807) is 36.4 Å². The number of rotatable bonds is 6. The van der Waals surface area contributed by atoms with E-state index >= 15 is 0 Å². The molecule has 0 saturated carbocycles. The molecular formula is C15H13ClN4O3. The first-order valence-electron chi connectivity index (χ1n) is 6.61. The normalized spacial score (nSPS) is 10.5. The van der Waals surface area contributed by atoms with Crippen molar-refractivity contribution >= 4 is 35.1 Å². The van der Waals surface area contributed by atoms with Crippen LogP contribution in [-0.4, -0.2) is 23.6 Å². The van der Waals surface area contributed by atoms with Gasteiger partial charge in [0.05, 0.1) is 34.0 Å². The molecule has 2 N–H and O–H groups in total. The van der Waals surface area contributed by atoms with Crippen molar-refractivity contribution in [1.29, 1.82) is 0 Å². The van der Waals surface area contributed by atoms with Crippen molar-refractivity contribution in [2.45, 2.75) is 0 Å². The largest absolute Gasteiger partial charge is 0.375 e. The van der Waals surface area contributed by atoms with Crippen molar-refractivity contribution in [2.24, 2.45) is 5.10 Å². The number of nitrogens with one attached hydrogen (secondary N) is 2. The van der Waals surface area contributed by atoms with E-state index in [-0.39, 0.29) is 12.2 Å². The Morgan fingerprint density at radius 3 is 2.65 bits per heavy atom. The minimum atomic E-state index is -0.512. The second-order valence-corrected chi connectivity index (χ2v) is 4.85. The second kappa shape index (κ2) is 7.90. The molecule has 0 unspecified atom stereocenters. The highest BCUT2D eigenvalue weighted by Crippen LogP contribution is 2.19. The van der Waals surface area contributed by atoms with Gasteiger partial charge in [-0.05, 0) is 18.2 Å². The Morgan fingerprint density at radius 1 is 1.22 bits per heavy atom. The van der Waals surface area contributed by atoms with Gasteiger partial charge in [0, 0.05) is 6.07 Å². The topological polar surface area (TPSA) is 96.6 Å². The van der Waals surface area contributed by atoms with Crippen LogP contribution < -0.4 is 10.7 Å². The lowest BCUT2D eigenvalue weighted by Crippen LogP contribution is -2.26. The van der Waals surface area contributed by atoms with E-state index in [4.69, 9.17) is 11.6 Å². The van der Waals surface area contributed by atoms with Crippen LogP contribution in [0.4, 0.5) is 11.4 Å². The van der Waals surface area contributed by atoms with E-state index in [0.717, 1.165) is 0 Å². The minimum absolute atomic E-state index is 0.0298. The van der Waals surface area contributed by atoms with Crippen LogP contribution in [0.2, 0.25) is 5.02 Å². The first kappa shape index (κ1) is 16.4. The summed E-state index contributed by atoms with van der Waals surface area (Å²) in [4.78, 5) is 22.0. The highest BCUT2D eigenvalue weighted by molar-refractivity contribution is 6.33. The van der Waals surface area contributed by atoms with Crippen molar-refractivity contribution in [3.05, 3.63) is 69.2 Å². The number of nitro benzene ring substituents is 1. The molecule has 0 spiro atoms. The molecule has 2 aromatic carbocycles. The van der Waals surface area contributed by atoms with Crippen molar-refractivity contribution in [3.8, 4) is 0 Å². The van der Waals surface area contributed by atoms with E-state index in [2.05, 4.69) is 15.8 Å². The van der Waals surface area contributed by atoms with Crippen LogP contribution >= 0.6 is 11.6 Å². The zero-order chi connectivity index (χ0) is 16.7. The summed E-state index contributed by atoms with van der Waals surface area (Å²) in [6.45, 7) is -0.0298. The lowest BCUT2D eigenvalue weighted by Gasteiger charge is -2.06. The van der Waals surface area contributed by atoms with Crippen molar-refractivity contribution in [3.63, 3.8) is 0 Å². The number of para-hydroxylation sites is 2. The summed E-state index contributed by atoms with van der Waals surface area (Å²) in [5.74, 6) is -0.403. The van der Waals surface area contributed by atoms with Crippen LogP contribution in [-0.2, 0) is 4.79 Å². The molecule has 2 rings (SSSR count). The highest BCUT2D eigenvalue weighted by atomic mass is 35.5. The number of hydrogen-bond acceptors (Lipinski definition) is 5. The Labute approximate surface area is 137 Å². The third kappa shape index (κ3) is 4.79. The number of carbonyl (C=O) groups is 1. The van der Waals surface area contributed by atoms with E-state index in [1.165, 1.54) is 18.3 Å². The molecule has 1 amide bonds. The molecule has 0 aliphatic heterocycles. The SMILES string of the molecule is O=C(CNc1ccccc1Cl)N/N=C\c1ccccc1[N+](=O)[O-]. The van der Waals surface area contributed by atoms with Gasteiger partial charge >= 0.3 is 0 Å². The number of benzene rings is 2. The Balaban J connectivity index is 1.90. The highest BCUT2D eigenvalue weighted by Gasteiger charge is 2.10. The molecule has 23 heavy (non-hydrogen) atoms. The Kier molecular flexibility index (Phi) is 5.65. The average Bonchev–Trinajstić information content (AvgIpc) is 2.54. The number of hydrazone groups is 1. The molecule has 2 aromatic rings.